The first kappa shape index (κ1) is 16.4. The van der Waals surface area contributed by atoms with Crippen molar-refractivity contribution in [3.05, 3.63) is 23.3 Å². The molecular formula is C17H25NO2S. The number of thioether (sulfide) groups is 1. The van der Waals surface area contributed by atoms with Gasteiger partial charge in [0, 0.05) is 22.3 Å². The number of hydrogen-bond acceptors (Lipinski definition) is 4. The van der Waals surface area contributed by atoms with Crippen molar-refractivity contribution in [2.24, 2.45) is 4.99 Å². The Hall–Kier alpha value is -1.00. The van der Waals surface area contributed by atoms with Crippen LogP contribution in [0.15, 0.2) is 22.0 Å². The van der Waals surface area contributed by atoms with Crippen molar-refractivity contribution in [3.63, 3.8) is 0 Å². The fraction of sp³-hybridized carbons (Fsp3) is 0.588. The topological polar surface area (TPSA) is 52.8 Å². The van der Waals surface area contributed by atoms with Crippen molar-refractivity contribution < 1.29 is 10.2 Å². The number of nitrogens with zero attached hydrogens (tertiary/aromatic N) is 1. The summed E-state index contributed by atoms with van der Waals surface area (Å²) in [7, 11) is 0. The predicted molar refractivity (Wildman–Crippen MR) is 89.8 cm³/mol. The number of aliphatic hydroxyl groups excluding tert-OH is 1. The van der Waals surface area contributed by atoms with Crippen molar-refractivity contribution in [1.29, 1.82) is 0 Å². The average Bonchev–Trinajstić information content (AvgIpc) is 2.44. The van der Waals surface area contributed by atoms with E-state index < -0.39 is 0 Å². The number of aliphatic hydroxyl groups is 1. The van der Waals surface area contributed by atoms with Crippen LogP contribution in [0.5, 0.6) is 5.75 Å². The maximum Gasteiger partial charge on any atom is 0.126 e. The van der Waals surface area contributed by atoms with Gasteiger partial charge >= 0.3 is 0 Å². The standard InChI is InChI=1S/C17H25NO2S/c1-3-4-5-6-13-10-15(20)17-14(18-7-8-19)9-12(2)21-16(17)11-13/h10-12,19-20H,3-9H2,1-2H3. The summed E-state index contributed by atoms with van der Waals surface area (Å²) in [4.78, 5) is 5.59. The van der Waals surface area contributed by atoms with E-state index in [1.165, 1.54) is 24.8 Å². The third kappa shape index (κ3) is 4.24. The van der Waals surface area contributed by atoms with Crippen molar-refractivity contribution in [2.45, 2.75) is 56.1 Å². The van der Waals surface area contributed by atoms with Gasteiger partial charge in [0.25, 0.3) is 0 Å². The Morgan fingerprint density at radius 1 is 1.33 bits per heavy atom. The van der Waals surface area contributed by atoms with Gasteiger partial charge in [-0.3, -0.25) is 4.99 Å². The van der Waals surface area contributed by atoms with E-state index in [1.807, 2.05) is 17.8 Å². The maximum absolute atomic E-state index is 10.4. The highest BCUT2D eigenvalue weighted by Crippen LogP contribution is 2.40. The number of aliphatic imine (C=N–C) groups is 1. The quantitative estimate of drug-likeness (QED) is 0.786. The number of phenols is 1. The molecule has 1 heterocycles. The van der Waals surface area contributed by atoms with E-state index in [-0.39, 0.29) is 6.61 Å². The second-order valence-electron chi connectivity index (χ2n) is 5.63. The van der Waals surface area contributed by atoms with Crippen LogP contribution in [0.25, 0.3) is 0 Å². The van der Waals surface area contributed by atoms with E-state index in [0.717, 1.165) is 29.0 Å². The van der Waals surface area contributed by atoms with Crippen LogP contribution in [-0.2, 0) is 6.42 Å². The van der Waals surface area contributed by atoms with E-state index in [1.54, 1.807) is 0 Å². The van der Waals surface area contributed by atoms with Gasteiger partial charge in [-0.25, -0.2) is 0 Å². The zero-order chi connectivity index (χ0) is 15.2. The van der Waals surface area contributed by atoms with Crippen LogP contribution in [0.2, 0.25) is 0 Å². The van der Waals surface area contributed by atoms with E-state index in [2.05, 4.69) is 24.9 Å². The molecule has 0 radical (unpaired) electrons. The summed E-state index contributed by atoms with van der Waals surface area (Å²) in [5, 5.41) is 19.8. The van der Waals surface area contributed by atoms with Crippen molar-refractivity contribution >= 4 is 17.5 Å². The molecule has 0 fully saturated rings. The molecule has 0 aromatic heterocycles. The lowest BCUT2D eigenvalue weighted by molar-refractivity contribution is 0.307. The Balaban J connectivity index is 2.28. The molecule has 1 unspecified atom stereocenters. The lowest BCUT2D eigenvalue weighted by Crippen LogP contribution is -2.17. The first-order chi connectivity index (χ1) is 10.2. The minimum absolute atomic E-state index is 0.0518. The Morgan fingerprint density at radius 2 is 2.14 bits per heavy atom. The molecule has 3 nitrogen and oxygen atoms in total. The number of hydrogen-bond donors (Lipinski definition) is 2. The van der Waals surface area contributed by atoms with Gasteiger partial charge < -0.3 is 10.2 Å². The fourth-order valence-corrected chi connectivity index (χ4v) is 3.96. The van der Waals surface area contributed by atoms with Gasteiger partial charge in [-0.1, -0.05) is 26.7 Å². The van der Waals surface area contributed by atoms with Gasteiger partial charge in [0.1, 0.15) is 5.75 Å². The van der Waals surface area contributed by atoms with Crippen LogP contribution >= 0.6 is 11.8 Å². The van der Waals surface area contributed by atoms with Crippen LogP contribution < -0.4 is 0 Å². The number of phenolic OH excluding ortho intramolecular Hbond substituents is 1. The maximum atomic E-state index is 10.4. The van der Waals surface area contributed by atoms with E-state index in [4.69, 9.17) is 5.11 Å². The Labute approximate surface area is 131 Å². The van der Waals surface area contributed by atoms with Crippen LogP contribution in [0.1, 0.15) is 50.7 Å². The third-order valence-corrected chi connectivity index (χ3v) is 4.86. The highest BCUT2D eigenvalue weighted by atomic mass is 32.2. The molecule has 0 spiro atoms. The molecule has 116 valence electrons. The van der Waals surface area contributed by atoms with Crippen LogP contribution in [0.4, 0.5) is 0 Å². The van der Waals surface area contributed by atoms with Crippen LogP contribution in [0.3, 0.4) is 0 Å². The zero-order valence-electron chi connectivity index (χ0n) is 12.9. The predicted octanol–water partition coefficient (Wildman–Crippen LogP) is 3.79. The number of rotatable bonds is 6. The molecule has 0 saturated heterocycles. The number of aryl methyl sites for hydroxylation is 1. The molecule has 2 rings (SSSR count). The Morgan fingerprint density at radius 3 is 2.86 bits per heavy atom. The molecule has 1 atom stereocenters. The molecule has 0 saturated carbocycles. The second kappa shape index (κ2) is 7.85. The molecule has 0 aliphatic carbocycles. The molecule has 0 amide bonds. The van der Waals surface area contributed by atoms with E-state index in [9.17, 15) is 5.11 Å². The summed E-state index contributed by atoms with van der Waals surface area (Å²) in [5.74, 6) is 0.343. The lowest BCUT2D eigenvalue weighted by Gasteiger charge is -2.24. The largest absolute Gasteiger partial charge is 0.507 e. The third-order valence-electron chi connectivity index (χ3n) is 3.71. The van der Waals surface area contributed by atoms with Gasteiger partial charge in [0.15, 0.2) is 0 Å². The van der Waals surface area contributed by atoms with Gasteiger partial charge in [0.05, 0.1) is 18.7 Å². The smallest absolute Gasteiger partial charge is 0.126 e. The van der Waals surface area contributed by atoms with Crippen LogP contribution in [-0.4, -0.2) is 34.3 Å². The normalized spacial score (nSPS) is 19.8. The fourth-order valence-electron chi connectivity index (χ4n) is 2.72. The molecule has 1 aliphatic rings. The second-order valence-corrected chi connectivity index (χ2v) is 7.11. The van der Waals surface area contributed by atoms with Crippen molar-refractivity contribution in [3.8, 4) is 5.75 Å². The molecule has 0 bridgehead atoms. The van der Waals surface area contributed by atoms with Gasteiger partial charge in [-0.15, -0.1) is 11.8 Å². The molecular weight excluding hydrogens is 282 g/mol. The summed E-state index contributed by atoms with van der Waals surface area (Å²) < 4.78 is 0. The summed E-state index contributed by atoms with van der Waals surface area (Å²) in [6.45, 7) is 4.84. The van der Waals surface area contributed by atoms with E-state index in [0.29, 0.717) is 17.5 Å². The molecule has 1 aliphatic heterocycles. The van der Waals surface area contributed by atoms with Crippen LogP contribution in [0, 0.1) is 0 Å². The Kier molecular flexibility index (Phi) is 6.12. The minimum Gasteiger partial charge on any atom is -0.507 e. The highest BCUT2D eigenvalue weighted by Gasteiger charge is 2.24. The van der Waals surface area contributed by atoms with Gasteiger partial charge in [0.2, 0.25) is 0 Å². The molecule has 4 heteroatoms. The van der Waals surface area contributed by atoms with Crippen molar-refractivity contribution in [1.82, 2.24) is 0 Å². The first-order valence-corrected chi connectivity index (χ1v) is 8.70. The van der Waals surface area contributed by atoms with Gasteiger partial charge in [-0.05, 0) is 30.5 Å². The molecule has 1 aromatic carbocycles. The zero-order valence-corrected chi connectivity index (χ0v) is 13.7. The molecule has 1 aromatic rings. The first-order valence-electron chi connectivity index (χ1n) is 7.82. The SMILES string of the molecule is CCCCCc1cc(O)c2c(c1)SC(C)CC2=NCCO. The molecule has 21 heavy (non-hydrogen) atoms. The monoisotopic (exact) mass is 307 g/mol. The Bertz CT molecular complexity index is 514. The number of aromatic hydroxyl groups is 1. The lowest BCUT2D eigenvalue weighted by atomic mass is 9.99. The number of unbranched alkanes of at least 4 members (excludes halogenated alkanes) is 2. The number of benzene rings is 1. The summed E-state index contributed by atoms with van der Waals surface area (Å²) in [5.41, 5.74) is 3.02. The minimum atomic E-state index is 0.0518. The number of fused-ring (bicyclic) bond motifs is 1. The summed E-state index contributed by atoms with van der Waals surface area (Å²) in [6, 6.07) is 4.10. The van der Waals surface area contributed by atoms with E-state index >= 15 is 0 Å². The average molecular weight is 307 g/mol. The molecule has 2 N–H and O–H groups in total. The van der Waals surface area contributed by atoms with Crippen molar-refractivity contribution in [2.75, 3.05) is 13.2 Å². The van der Waals surface area contributed by atoms with Gasteiger partial charge in [-0.2, -0.15) is 0 Å². The summed E-state index contributed by atoms with van der Waals surface area (Å²) >= 11 is 1.81. The highest BCUT2D eigenvalue weighted by molar-refractivity contribution is 8.00. The summed E-state index contributed by atoms with van der Waals surface area (Å²) in [6.07, 6.45) is 5.47.